The molecule has 0 spiro atoms. The van der Waals surface area contributed by atoms with Gasteiger partial charge in [0.25, 0.3) is 11.8 Å². The normalized spacial score (nSPS) is 11.2. The van der Waals surface area contributed by atoms with E-state index < -0.39 is 29.2 Å². The number of amides is 2. The van der Waals surface area contributed by atoms with Gasteiger partial charge in [0.2, 0.25) is 5.88 Å². The number of nitrogens with one attached hydrogen (secondary N) is 2. The topological polar surface area (TPSA) is 131 Å². The fraction of sp³-hybridized carbons (Fsp3) is 0.267. The zero-order valence-electron chi connectivity index (χ0n) is 13.0. The maximum absolute atomic E-state index is 11.9. The number of aliphatic hydroxyl groups is 1. The third kappa shape index (κ3) is 6.17. The molecule has 0 radical (unpaired) electrons. The number of ether oxygens (including phenoxy) is 1. The van der Waals surface area contributed by atoms with Crippen molar-refractivity contribution < 1.29 is 24.2 Å². The van der Waals surface area contributed by atoms with E-state index in [1.165, 1.54) is 7.11 Å². The Labute approximate surface area is 143 Å². The maximum atomic E-state index is 11.9. The summed E-state index contributed by atoms with van der Waals surface area (Å²) in [7, 11) is 1.21. The van der Waals surface area contributed by atoms with Crippen molar-refractivity contribution in [1.82, 2.24) is 10.6 Å². The molecule has 0 aliphatic heterocycles. The molecule has 0 atom stereocenters. The van der Waals surface area contributed by atoms with Crippen LogP contribution in [-0.2, 0) is 25.7 Å². The van der Waals surface area contributed by atoms with Crippen LogP contribution in [0.3, 0.4) is 0 Å². The van der Waals surface area contributed by atoms with Crippen LogP contribution in [0.15, 0.2) is 35.7 Å². The monoisotopic (exact) mass is 355 g/mol. The van der Waals surface area contributed by atoms with Crippen LogP contribution in [0.2, 0.25) is 5.02 Å². The van der Waals surface area contributed by atoms with Crippen molar-refractivity contribution in [2.75, 3.05) is 13.7 Å². The third-order valence-corrected chi connectivity index (χ3v) is 3.18. The number of hydrogen-bond acceptors (Lipinski definition) is 6. The summed E-state index contributed by atoms with van der Waals surface area (Å²) in [5.41, 5.74) is 5.25. The van der Waals surface area contributed by atoms with Crippen molar-refractivity contribution in [3.05, 3.63) is 46.3 Å². The van der Waals surface area contributed by atoms with Crippen LogP contribution in [0, 0.1) is 0 Å². The van der Waals surface area contributed by atoms with E-state index in [4.69, 9.17) is 17.3 Å². The lowest BCUT2D eigenvalue weighted by atomic mass is 10.2. The van der Waals surface area contributed by atoms with E-state index in [9.17, 15) is 19.5 Å². The van der Waals surface area contributed by atoms with Gasteiger partial charge in [0, 0.05) is 18.1 Å². The van der Waals surface area contributed by atoms with Crippen molar-refractivity contribution in [3.8, 4) is 0 Å². The highest BCUT2D eigenvalue weighted by Gasteiger charge is 2.21. The molecular weight excluding hydrogens is 338 g/mol. The van der Waals surface area contributed by atoms with Gasteiger partial charge in [0.1, 0.15) is 0 Å². The number of carbonyl (C=O) groups excluding carboxylic acids is 3. The van der Waals surface area contributed by atoms with Crippen molar-refractivity contribution in [3.63, 3.8) is 0 Å². The Morgan fingerprint density at radius 3 is 2.38 bits per heavy atom. The number of hydrogen-bond donors (Lipinski definition) is 4. The smallest absolute Gasteiger partial charge is 0.307 e. The molecule has 24 heavy (non-hydrogen) atoms. The molecule has 8 nitrogen and oxygen atoms in total. The molecule has 0 aliphatic carbocycles. The van der Waals surface area contributed by atoms with Gasteiger partial charge in [-0.15, -0.1) is 0 Å². The molecule has 9 heteroatoms. The predicted molar refractivity (Wildman–Crippen MR) is 86.8 cm³/mol. The van der Waals surface area contributed by atoms with Crippen molar-refractivity contribution in [1.29, 1.82) is 0 Å². The number of nitrogens with two attached hydrogens (primary N) is 1. The number of carbonyl (C=O) groups is 3. The second kappa shape index (κ2) is 9.41. The Bertz CT molecular complexity index is 643. The van der Waals surface area contributed by atoms with E-state index in [0.29, 0.717) is 5.02 Å². The number of aliphatic hydroxyl groups excluding tert-OH is 1. The molecule has 5 N–H and O–H groups in total. The standard InChI is InChI=1S/C15H18ClN3O5/c1-24-11(20)6-7-18-14(22)12(13(17)21)15(23)19-8-9-2-4-10(16)5-3-9/h2-5,19,23H,6-8H2,1H3,(H2,17,21)(H,18,22). The molecule has 1 rings (SSSR count). The average molecular weight is 356 g/mol. The minimum atomic E-state index is -1.10. The van der Waals surface area contributed by atoms with Gasteiger partial charge in [0.15, 0.2) is 5.57 Å². The second-order valence-corrected chi connectivity index (χ2v) is 5.09. The van der Waals surface area contributed by atoms with E-state index in [1.54, 1.807) is 24.3 Å². The molecule has 0 aromatic heterocycles. The van der Waals surface area contributed by atoms with Gasteiger partial charge in [-0.2, -0.15) is 0 Å². The number of rotatable bonds is 8. The van der Waals surface area contributed by atoms with Crippen LogP contribution >= 0.6 is 11.6 Å². The van der Waals surface area contributed by atoms with Crippen LogP contribution in [0.1, 0.15) is 12.0 Å². The number of methoxy groups -OCH3 is 1. The molecule has 0 bridgehead atoms. The van der Waals surface area contributed by atoms with Gasteiger partial charge >= 0.3 is 5.97 Å². The summed E-state index contributed by atoms with van der Waals surface area (Å²) in [6.07, 6.45) is -0.0761. The van der Waals surface area contributed by atoms with Crippen LogP contribution in [0.4, 0.5) is 0 Å². The van der Waals surface area contributed by atoms with Crippen LogP contribution in [-0.4, -0.2) is 36.5 Å². The van der Waals surface area contributed by atoms with Gasteiger partial charge in [-0.3, -0.25) is 14.4 Å². The summed E-state index contributed by atoms with van der Waals surface area (Å²) >= 11 is 5.76. The molecule has 0 aliphatic rings. The second-order valence-electron chi connectivity index (χ2n) is 4.65. The summed E-state index contributed by atoms with van der Waals surface area (Å²) in [6, 6.07) is 6.74. The largest absolute Gasteiger partial charge is 0.494 e. The lowest BCUT2D eigenvalue weighted by molar-refractivity contribution is -0.140. The van der Waals surface area contributed by atoms with Crippen molar-refractivity contribution >= 4 is 29.4 Å². The van der Waals surface area contributed by atoms with Gasteiger partial charge in [-0.25, -0.2) is 0 Å². The number of primary amides is 1. The predicted octanol–water partition coefficient (Wildman–Crippen LogP) is 0.364. The van der Waals surface area contributed by atoms with E-state index in [1.807, 2.05) is 0 Å². The molecule has 0 saturated heterocycles. The Kier molecular flexibility index (Phi) is 7.57. The SMILES string of the molecule is COC(=O)CCNC(=O)C(C(N)=O)=C(O)NCc1ccc(Cl)cc1. The highest BCUT2D eigenvalue weighted by molar-refractivity contribution is 6.30. The van der Waals surface area contributed by atoms with E-state index >= 15 is 0 Å². The lowest BCUT2D eigenvalue weighted by Gasteiger charge is -2.10. The number of halogens is 1. The van der Waals surface area contributed by atoms with E-state index in [2.05, 4.69) is 15.4 Å². The fourth-order valence-electron chi connectivity index (χ4n) is 1.68. The molecule has 1 aromatic rings. The van der Waals surface area contributed by atoms with Crippen molar-refractivity contribution in [2.45, 2.75) is 13.0 Å². The van der Waals surface area contributed by atoms with E-state index in [0.717, 1.165) is 5.56 Å². The zero-order valence-corrected chi connectivity index (χ0v) is 13.7. The van der Waals surface area contributed by atoms with Gasteiger partial charge < -0.3 is 26.2 Å². The molecule has 130 valence electrons. The highest BCUT2D eigenvalue weighted by Crippen LogP contribution is 2.10. The van der Waals surface area contributed by atoms with Crippen LogP contribution in [0.25, 0.3) is 0 Å². The summed E-state index contributed by atoms with van der Waals surface area (Å²) in [6.45, 7) is 0.0853. The first-order valence-corrected chi connectivity index (χ1v) is 7.29. The minimum Gasteiger partial charge on any atom is -0.494 e. The molecule has 0 saturated carbocycles. The van der Waals surface area contributed by atoms with Gasteiger partial charge in [-0.1, -0.05) is 23.7 Å². The molecule has 0 heterocycles. The van der Waals surface area contributed by atoms with Crippen LogP contribution in [0.5, 0.6) is 0 Å². The Morgan fingerprint density at radius 2 is 1.83 bits per heavy atom. The first-order valence-electron chi connectivity index (χ1n) is 6.91. The van der Waals surface area contributed by atoms with E-state index in [-0.39, 0.29) is 19.5 Å². The Balaban J connectivity index is 2.70. The lowest BCUT2D eigenvalue weighted by Crippen LogP contribution is -2.36. The summed E-state index contributed by atoms with van der Waals surface area (Å²) in [5.74, 6) is -3.18. The first kappa shape index (κ1) is 19.3. The summed E-state index contributed by atoms with van der Waals surface area (Å²) in [5, 5.41) is 15.3. The summed E-state index contributed by atoms with van der Waals surface area (Å²) in [4.78, 5) is 34.3. The minimum absolute atomic E-state index is 0.0627. The summed E-state index contributed by atoms with van der Waals surface area (Å²) < 4.78 is 4.42. The van der Waals surface area contributed by atoms with Gasteiger partial charge in [-0.05, 0) is 17.7 Å². The fourth-order valence-corrected chi connectivity index (χ4v) is 1.81. The average Bonchev–Trinajstić information content (AvgIpc) is 2.53. The third-order valence-electron chi connectivity index (χ3n) is 2.93. The molecule has 0 fully saturated rings. The zero-order chi connectivity index (χ0) is 18.1. The van der Waals surface area contributed by atoms with Crippen molar-refractivity contribution in [2.24, 2.45) is 5.73 Å². The highest BCUT2D eigenvalue weighted by atomic mass is 35.5. The van der Waals surface area contributed by atoms with Crippen LogP contribution < -0.4 is 16.4 Å². The number of benzene rings is 1. The molecular formula is C15H18ClN3O5. The maximum Gasteiger partial charge on any atom is 0.307 e. The molecule has 0 unspecified atom stereocenters. The molecule has 2 amide bonds. The van der Waals surface area contributed by atoms with Gasteiger partial charge in [0.05, 0.1) is 13.5 Å². The first-order chi connectivity index (χ1) is 11.3. The quantitative estimate of drug-likeness (QED) is 0.175. The Morgan fingerprint density at radius 1 is 1.21 bits per heavy atom. The Hall–Kier alpha value is -2.74. The number of esters is 1. The molecule has 1 aromatic carbocycles.